The van der Waals surface area contributed by atoms with Gasteiger partial charge in [0.05, 0.1) is 5.54 Å². The largest absolute Gasteiger partial charge is 0.346 e. The molecule has 0 aliphatic heterocycles. The Kier molecular flexibility index (Phi) is 3.87. The van der Waals surface area contributed by atoms with E-state index in [4.69, 9.17) is 0 Å². The molecule has 1 fully saturated rings. The lowest BCUT2D eigenvalue weighted by Crippen LogP contribution is -2.55. The second-order valence-electron chi connectivity index (χ2n) is 4.73. The maximum atomic E-state index is 12.3. The first-order valence-corrected chi connectivity index (χ1v) is 7.29. The summed E-state index contributed by atoms with van der Waals surface area (Å²) in [5, 5.41) is 4.03. The van der Waals surface area contributed by atoms with Gasteiger partial charge in [-0.1, -0.05) is 41.1 Å². The summed E-state index contributed by atoms with van der Waals surface area (Å²) in [7, 11) is 0. The average molecular weight is 296 g/mol. The Bertz CT molecular complexity index is 407. The van der Waals surface area contributed by atoms with Crippen molar-refractivity contribution in [1.82, 2.24) is 5.32 Å². The van der Waals surface area contributed by atoms with Gasteiger partial charge in [0.1, 0.15) is 0 Å². The molecule has 1 saturated carbocycles. The highest BCUT2D eigenvalue weighted by Crippen LogP contribution is 2.33. The van der Waals surface area contributed by atoms with Crippen LogP contribution in [0.25, 0.3) is 0 Å². The highest BCUT2D eigenvalue weighted by molar-refractivity contribution is 9.09. The highest BCUT2D eigenvalue weighted by Gasteiger charge is 2.37. The van der Waals surface area contributed by atoms with Crippen LogP contribution in [0.15, 0.2) is 24.3 Å². The van der Waals surface area contributed by atoms with E-state index >= 15 is 0 Å². The van der Waals surface area contributed by atoms with Crippen LogP contribution in [0.5, 0.6) is 0 Å². The number of carbonyl (C=O) groups excluding carboxylic acids is 1. The Morgan fingerprint density at radius 1 is 1.41 bits per heavy atom. The van der Waals surface area contributed by atoms with E-state index < -0.39 is 0 Å². The number of carbonyl (C=O) groups is 1. The molecule has 3 heteroatoms. The van der Waals surface area contributed by atoms with Crippen molar-refractivity contribution >= 4 is 21.8 Å². The Morgan fingerprint density at radius 2 is 2.12 bits per heavy atom. The first kappa shape index (κ1) is 12.6. The van der Waals surface area contributed by atoms with Gasteiger partial charge >= 0.3 is 0 Å². The van der Waals surface area contributed by atoms with Crippen molar-refractivity contribution in [2.45, 2.75) is 38.1 Å². The Balaban J connectivity index is 2.14. The van der Waals surface area contributed by atoms with Gasteiger partial charge in [-0.05, 0) is 37.3 Å². The molecule has 1 aromatic rings. The van der Waals surface area contributed by atoms with E-state index in [1.807, 2.05) is 24.3 Å². The number of nitrogens with one attached hydrogen (secondary N) is 1. The second-order valence-corrected chi connectivity index (χ2v) is 5.29. The van der Waals surface area contributed by atoms with E-state index in [0.29, 0.717) is 0 Å². The molecule has 92 valence electrons. The molecule has 0 atom stereocenters. The van der Waals surface area contributed by atoms with E-state index in [9.17, 15) is 4.79 Å². The molecule has 0 aromatic heterocycles. The van der Waals surface area contributed by atoms with E-state index in [1.165, 1.54) is 6.42 Å². The lowest BCUT2D eigenvalue weighted by molar-refractivity contribution is 0.0855. The van der Waals surface area contributed by atoms with Crippen LogP contribution in [0, 0.1) is 0 Å². The minimum absolute atomic E-state index is 0.00205. The van der Waals surface area contributed by atoms with Crippen molar-refractivity contribution in [3.8, 4) is 0 Å². The van der Waals surface area contributed by atoms with Gasteiger partial charge in [0.2, 0.25) is 0 Å². The number of rotatable bonds is 4. The molecular formula is C14H18BrNO. The fraction of sp³-hybridized carbons (Fsp3) is 0.500. The van der Waals surface area contributed by atoms with Crippen molar-refractivity contribution in [3.63, 3.8) is 0 Å². The Hall–Kier alpha value is -0.830. The van der Waals surface area contributed by atoms with Gasteiger partial charge in [0.25, 0.3) is 5.91 Å². The van der Waals surface area contributed by atoms with E-state index in [1.54, 1.807) is 0 Å². The third kappa shape index (κ3) is 2.54. The fourth-order valence-electron chi connectivity index (χ4n) is 2.25. The van der Waals surface area contributed by atoms with Crippen LogP contribution >= 0.6 is 15.9 Å². The van der Waals surface area contributed by atoms with Crippen molar-refractivity contribution in [2.24, 2.45) is 0 Å². The van der Waals surface area contributed by atoms with Crippen LogP contribution in [0.4, 0.5) is 0 Å². The van der Waals surface area contributed by atoms with E-state index in [-0.39, 0.29) is 11.4 Å². The fourth-order valence-corrected chi connectivity index (χ4v) is 2.95. The van der Waals surface area contributed by atoms with Crippen LogP contribution in [0.2, 0.25) is 0 Å². The number of amides is 1. The molecular weight excluding hydrogens is 278 g/mol. The quantitative estimate of drug-likeness (QED) is 0.849. The maximum absolute atomic E-state index is 12.3. The molecule has 2 nitrogen and oxygen atoms in total. The summed E-state index contributed by atoms with van der Waals surface area (Å²) in [6.07, 6.45) is 4.27. The Morgan fingerprint density at radius 3 is 2.65 bits per heavy atom. The summed E-state index contributed by atoms with van der Waals surface area (Å²) < 4.78 is 0. The first-order valence-electron chi connectivity index (χ1n) is 6.17. The number of alkyl halides is 1. The van der Waals surface area contributed by atoms with Gasteiger partial charge in [0, 0.05) is 10.9 Å². The van der Waals surface area contributed by atoms with Crippen LogP contribution in [-0.2, 0) is 6.42 Å². The molecule has 0 radical (unpaired) electrons. The first-order chi connectivity index (χ1) is 8.21. The SMILES string of the molecule is CCc1ccccc1C(=O)NC1(CBr)CCC1. The molecule has 0 saturated heterocycles. The summed E-state index contributed by atoms with van der Waals surface area (Å²) in [5.74, 6) is 0.0709. The smallest absolute Gasteiger partial charge is 0.252 e. The number of halogens is 1. The number of hydrogen-bond acceptors (Lipinski definition) is 1. The molecule has 0 bridgehead atoms. The summed E-state index contributed by atoms with van der Waals surface area (Å²) in [6, 6.07) is 7.85. The average Bonchev–Trinajstić information content (AvgIpc) is 2.33. The molecule has 1 amide bonds. The molecule has 2 rings (SSSR count). The molecule has 17 heavy (non-hydrogen) atoms. The molecule has 1 aliphatic rings. The van der Waals surface area contributed by atoms with Crippen molar-refractivity contribution in [2.75, 3.05) is 5.33 Å². The van der Waals surface area contributed by atoms with Crippen LogP contribution in [0.3, 0.4) is 0 Å². The van der Waals surface area contributed by atoms with Crippen molar-refractivity contribution < 1.29 is 4.79 Å². The van der Waals surface area contributed by atoms with Crippen molar-refractivity contribution in [3.05, 3.63) is 35.4 Å². The van der Waals surface area contributed by atoms with Crippen LogP contribution < -0.4 is 5.32 Å². The minimum atomic E-state index is -0.00205. The summed E-state index contributed by atoms with van der Waals surface area (Å²) >= 11 is 3.51. The normalized spacial score (nSPS) is 17.3. The highest BCUT2D eigenvalue weighted by atomic mass is 79.9. The number of hydrogen-bond donors (Lipinski definition) is 1. The lowest BCUT2D eigenvalue weighted by atomic mass is 9.78. The zero-order valence-electron chi connectivity index (χ0n) is 10.1. The minimum Gasteiger partial charge on any atom is -0.346 e. The standard InChI is InChI=1S/C14H18BrNO/c1-2-11-6-3-4-7-12(11)13(17)16-14(10-15)8-5-9-14/h3-4,6-7H,2,5,8-10H2,1H3,(H,16,17). The predicted octanol–water partition coefficient (Wildman–Crippen LogP) is 3.30. The van der Waals surface area contributed by atoms with Gasteiger partial charge in [-0.3, -0.25) is 4.79 Å². The number of benzene rings is 1. The van der Waals surface area contributed by atoms with E-state index in [2.05, 4.69) is 28.2 Å². The predicted molar refractivity (Wildman–Crippen MR) is 73.7 cm³/mol. The molecule has 1 aliphatic carbocycles. The van der Waals surface area contributed by atoms with Gasteiger partial charge in [0.15, 0.2) is 0 Å². The molecule has 0 unspecified atom stereocenters. The third-order valence-electron chi connectivity index (χ3n) is 3.59. The molecule has 1 aromatic carbocycles. The number of aryl methyl sites for hydroxylation is 1. The van der Waals surface area contributed by atoms with Gasteiger partial charge < -0.3 is 5.32 Å². The summed E-state index contributed by atoms with van der Waals surface area (Å²) in [5.41, 5.74) is 1.94. The molecule has 1 N–H and O–H groups in total. The van der Waals surface area contributed by atoms with Crippen LogP contribution in [0.1, 0.15) is 42.1 Å². The third-order valence-corrected chi connectivity index (χ3v) is 4.66. The zero-order chi connectivity index (χ0) is 12.3. The topological polar surface area (TPSA) is 29.1 Å². The summed E-state index contributed by atoms with van der Waals surface area (Å²) in [4.78, 5) is 12.3. The molecule has 0 heterocycles. The van der Waals surface area contributed by atoms with Crippen molar-refractivity contribution in [1.29, 1.82) is 0 Å². The van der Waals surface area contributed by atoms with Gasteiger partial charge in [-0.15, -0.1) is 0 Å². The van der Waals surface area contributed by atoms with Gasteiger partial charge in [-0.2, -0.15) is 0 Å². The van der Waals surface area contributed by atoms with Crippen LogP contribution in [-0.4, -0.2) is 16.8 Å². The maximum Gasteiger partial charge on any atom is 0.252 e. The summed E-state index contributed by atoms with van der Waals surface area (Å²) in [6.45, 7) is 2.08. The Labute approximate surface area is 111 Å². The monoisotopic (exact) mass is 295 g/mol. The zero-order valence-corrected chi connectivity index (χ0v) is 11.7. The van der Waals surface area contributed by atoms with Gasteiger partial charge in [-0.25, -0.2) is 0 Å². The van der Waals surface area contributed by atoms with E-state index in [0.717, 1.165) is 35.7 Å². The lowest BCUT2D eigenvalue weighted by Gasteiger charge is -2.41. The second kappa shape index (κ2) is 5.21. The molecule has 0 spiro atoms.